The van der Waals surface area contributed by atoms with Crippen LogP contribution in [0.3, 0.4) is 0 Å². The van der Waals surface area contributed by atoms with Gasteiger partial charge in [-0.3, -0.25) is 4.79 Å². The van der Waals surface area contributed by atoms with Crippen molar-refractivity contribution in [2.24, 2.45) is 0 Å². The number of nitrogens with zero attached hydrogens (tertiary/aromatic N) is 2. The molecular weight excluding hydrogens is 445 g/mol. The molecule has 1 amide bonds. The van der Waals surface area contributed by atoms with Crippen LogP contribution in [-0.2, 0) is 4.79 Å². The lowest BCUT2D eigenvalue weighted by molar-refractivity contribution is -0.125. The molecule has 1 heterocycles. The van der Waals surface area contributed by atoms with Gasteiger partial charge >= 0.3 is 0 Å². The minimum atomic E-state index is -0.594. The largest absolute Gasteiger partial charge is 0.484 e. The summed E-state index contributed by atoms with van der Waals surface area (Å²) < 4.78 is 21.5. The molecule has 35 heavy (non-hydrogen) atoms. The Balaban J connectivity index is 1.48. The summed E-state index contributed by atoms with van der Waals surface area (Å²) in [5, 5.41) is 19.5. The molecule has 0 aliphatic heterocycles. The number of rotatable bonds is 7. The summed E-state index contributed by atoms with van der Waals surface area (Å²) in [5.74, 6) is -0.162. The van der Waals surface area contributed by atoms with Crippen molar-refractivity contribution >= 4 is 27.6 Å². The number of hydrogen-bond acceptors (Lipinski definition) is 4. The summed E-state index contributed by atoms with van der Waals surface area (Å²) in [4.78, 5) is 11.9. The highest BCUT2D eigenvalue weighted by atomic mass is 19.1. The number of nitrogens with one attached hydrogen (secondary N) is 1. The maximum atomic E-state index is 13.3. The van der Waals surface area contributed by atoms with Gasteiger partial charge in [0.25, 0.3) is 0 Å². The fourth-order valence-corrected chi connectivity index (χ4v) is 4.24. The summed E-state index contributed by atoms with van der Waals surface area (Å²) >= 11 is 0. The monoisotopic (exact) mass is 469 g/mol. The Kier molecular flexibility index (Phi) is 6.16. The second-order valence-corrected chi connectivity index (χ2v) is 8.41. The fourth-order valence-electron chi connectivity index (χ4n) is 4.24. The van der Waals surface area contributed by atoms with Gasteiger partial charge in [0.15, 0.2) is 0 Å². The van der Waals surface area contributed by atoms with E-state index in [9.17, 15) is 14.3 Å². The molecule has 0 fully saturated rings. The van der Waals surface area contributed by atoms with Crippen LogP contribution >= 0.6 is 0 Å². The van der Waals surface area contributed by atoms with Crippen LogP contribution in [0, 0.1) is 5.82 Å². The van der Waals surface area contributed by atoms with Crippen molar-refractivity contribution in [2.75, 3.05) is 6.61 Å². The number of fused-ring (bicyclic) bond motifs is 2. The van der Waals surface area contributed by atoms with Gasteiger partial charge in [0.05, 0.1) is 23.4 Å². The van der Waals surface area contributed by atoms with E-state index in [1.54, 1.807) is 23.0 Å². The summed E-state index contributed by atoms with van der Waals surface area (Å²) in [7, 11) is 0. The van der Waals surface area contributed by atoms with E-state index >= 15 is 0 Å². The molecular formula is C28H24FN3O3. The highest BCUT2D eigenvalue weighted by Crippen LogP contribution is 2.30. The molecule has 7 heteroatoms. The number of aliphatic hydroxyl groups is 1. The molecule has 0 radical (unpaired) electrons. The molecule has 4 aromatic carbocycles. The zero-order chi connectivity index (χ0) is 24.4. The van der Waals surface area contributed by atoms with Crippen LogP contribution in [0.2, 0.25) is 0 Å². The van der Waals surface area contributed by atoms with E-state index in [0.29, 0.717) is 5.75 Å². The highest BCUT2D eigenvalue weighted by molar-refractivity contribution is 5.84. The van der Waals surface area contributed by atoms with Crippen LogP contribution in [0.25, 0.3) is 27.4 Å². The molecule has 0 unspecified atom stereocenters. The molecule has 1 aromatic heterocycles. The molecule has 5 aromatic rings. The van der Waals surface area contributed by atoms with Crippen LogP contribution in [0.5, 0.6) is 5.75 Å². The highest BCUT2D eigenvalue weighted by Gasteiger charge is 2.24. The molecule has 176 valence electrons. The van der Waals surface area contributed by atoms with Gasteiger partial charge in [-0.15, -0.1) is 0 Å². The van der Waals surface area contributed by atoms with Crippen molar-refractivity contribution in [3.8, 4) is 11.4 Å². The fraction of sp³-hybridized carbons (Fsp3) is 0.143. The van der Waals surface area contributed by atoms with Gasteiger partial charge < -0.3 is 15.2 Å². The Morgan fingerprint density at radius 3 is 2.54 bits per heavy atom. The summed E-state index contributed by atoms with van der Waals surface area (Å²) in [6.45, 7) is 1.25. The van der Waals surface area contributed by atoms with Crippen LogP contribution in [0.4, 0.5) is 4.39 Å². The number of amides is 1. The molecule has 0 aliphatic rings. The lowest BCUT2D eigenvalue weighted by Crippen LogP contribution is -2.40. The summed E-state index contributed by atoms with van der Waals surface area (Å²) in [6.07, 6.45) is 1.23. The van der Waals surface area contributed by atoms with Gasteiger partial charge in [0, 0.05) is 5.39 Å². The van der Waals surface area contributed by atoms with Crippen molar-refractivity contribution < 1.29 is 19.0 Å². The smallest absolute Gasteiger partial charge is 0.246 e. The van der Waals surface area contributed by atoms with E-state index in [-0.39, 0.29) is 5.82 Å². The molecule has 6 nitrogen and oxygen atoms in total. The second kappa shape index (κ2) is 9.56. The normalized spacial score (nSPS) is 13.0. The first-order valence-electron chi connectivity index (χ1n) is 11.3. The number of aliphatic hydroxyl groups excluding tert-OH is 1. The Labute approximate surface area is 201 Å². The van der Waals surface area contributed by atoms with E-state index in [1.807, 2.05) is 67.6 Å². The number of carbonyl (C=O) groups excluding carboxylic acids is 1. The van der Waals surface area contributed by atoms with E-state index in [2.05, 4.69) is 10.4 Å². The van der Waals surface area contributed by atoms with Crippen LogP contribution in [0.15, 0.2) is 91.1 Å². The Morgan fingerprint density at radius 1 is 1.00 bits per heavy atom. The predicted octanol–water partition coefficient (Wildman–Crippen LogP) is 4.93. The van der Waals surface area contributed by atoms with Gasteiger partial charge in [-0.1, -0.05) is 36.4 Å². The zero-order valence-electron chi connectivity index (χ0n) is 19.1. The van der Waals surface area contributed by atoms with Crippen molar-refractivity contribution in [1.82, 2.24) is 15.1 Å². The quantitative estimate of drug-likeness (QED) is 0.354. The van der Waals surface area contributed by atoms with Crippen molar-refractivity contribution in [1.29, 1.82) is 0 Å². The average molecular weight is 470 g/mol. The van der Waals surface area contributed by atoms with Crippen molar-refractivity contribution in [3.63, 3.8) is 0 Å². The number of halogens is 1. The summed E-state index contributed by atoms with van der Waals surface area (Å²) in [5.41, 5.74) is 2.51. The van der Waals surface area contributed by atoms with E-state index in [4.69, 9.17) is 4.74 Å². The van der Waals surface area contributed by atoms with Gasteiger partial charge in [-0.2, -0.15) is 5.10 Å². The second-order valence-electron chi connectivity index (χ2n) is 8.41. The molecule has 0 saturated carbocycles. The number of benzene rings is 4. The van der Waals surface area contributed by atoms with E-state index < -0.39 is 24.7 Å². The lowest BCUT2D eigenvalue weighted by Gasteiger charge is -2.26. The Morgan fingerprint density at radius 2 is 1.77 bits per heavy atom. The lowest BCUT2D eigenvalue weighted by atomic mass is 9.99. The molecule has 5 rings (SSSR count). The maximum absolute atomic E-state index is 13.3. The standard InChI is InChI=1S/C28H24FN3O3/c1-18(31-27(34)17-33)28(21-7-6-19-4-2-3-5-20(19)14-21)35-25-12-13-26-22(15-25)16-30-32(26)24-10-8-23(29)9-11-24/h2-16,18,28,33H,17H2,1H3,(H,31,34)/t18-,28-/m0/s1. The van der Waals surface area contributed by atoms with Crippen molar-refractivity contribution in [2.45, 2.75) is 19.1 Å². The number of carbonyl (C=O) groups is 1. The predicted molar refractivity (Wildman–Crippen MR) is 133 cm³/mol. The van der Waals surface area contributed by atoms with Gasteiger partial charge in [0.2, 0.25) is 5.91 Å². The molecule has 0 spiro atoms. The van der Waals surface area contributed by atoms with Crippen LogP contribution < -0.4 is 10.1 Å². The van der Waals surface area contributed by atoms with Gasteiger partial charge in [-0.25, -0.2) is 9.07 Å². The molecule has 2 atom stereocenters. The minimum Gasteiger partial charge on any atom is -0.484 e. The SMILES string of the molecule is C[C@H](NC(=O)CO)[C@H](Oc1ccc2c(cnn2-c2ccc(F)cc2)c1)c1ccc2ccccc2c1. The number of ether oxygens (including phenoxy) is 1. The number of hydrogen-bond donors (Lipinski definition) is 2. The third-order valence-electron chi connectivity index (χ3n) is 5.96. The average Bonchev–Trinajstić information content (AvgIpc) is 3.30. The van der Waals surface area contributed by atoms with Crippen LogP contribution in [0.1, 0.15) is 18.6 Å². The van der Waals surface area contributed by atoms with Crippen LogP contribution in [-0.4, -0.2) is 33.4 Å². The molecule has 0 bridgehead atoms. The Bertz CT molecular complexity index is 1500. The number of aromatic nitrogens is 2. The first-order valence-corrected chi connectivity index (χ1v) is 11.3. The molecule has 0 aliphatic carbocycles. The van der Waals surface area contributed by atoms with E-state index in [0.717, 1.165) is 32.9 Å². The maximum Gasteiger partial charge on any atom is 0.246 e. The third-order valence-corrected chi connectivity index (χ3v) is 5.96. The Hall–Kier alpha value is -4.23. The minimum absolute atomic E-state index is 0.303. The first kappa shape index (κ1) is 22.6. The van der Waals surface area contributed by atoms with Gasteiger partial charge in [0.1, 0.15) is 24.3 Å². The summed E-state index contributed by atoms with van der Waals surface area (Å²) in [6, 6.07) is 25.5. The molecule has 0 saturated heterocycles. The zero-order valence-corrected chi connectivity index (χ0v) is 19.1. The third kappa shape index (κ3) is 4.72. The first-order chi connectivity index (χ1) is 17.0. The molecule has 2 N–H and O–H groups in total. The van der Waals surface area contributed by atoms with Gasteiger partial charge in [-0.05, 0) is 71.8 Å². The van der Waals surface area contributed by atoms with E-state index in [1.165, 1.54) is 12.1 Å². The topological polar surface area (TPSA) is 76.4 Å². The van der Waals surface area contributed by atoms with Crippen molar-refractivity contribution in [3.05, 3.63) is 103 Å².